The van der Waals surface area contributed by atoms with Crippen molar-refractivity contribution in [2.45, 2.75) is 45.7 Å². The lowest BCUT2D eigenvalue weighted by molar-refractivity contribution is -0.137. The average Bonchev–Trinajstić information content (AvgIpc) is 3.00. The number of fused-ring (bicyclic) bond motifs is 1. The third-order valence-electron chi connectivity index (χ3n) is 4.00. The minimum absolute atomic E-state index is 0.0229. The van der Waals surface area contributed by atoms with Gasteiger partial charge in [-0.25, -0.2) is 9.59 Å². The van der Waals surface area contributed by atoms with Gasteiger partial charge in [-0.3, -0.25) is 0 Å². The van der Waals surface area contributed by atoms with E-state index in [0.717, 1.165) is 31.0 Å². The van der Waals surface area contributed by atoms with Crippen LogP contribution < -0.4 is 0 Å². The maximum Gasteiger partial charge on any atom is 0.416 e. The summed E-state index contributed by atoms with van der Waals surface area (Å²) in [4.78, 5) is 27.4. The molecule has 27 heavy (non-hydrogen) atoms. The maximum absolute atomic E-state index is 13.0. The highest BCUT2D eigenvalue weighted by atomic mass is 19.4. The molecule has 5 nitrogen and oxygen atoms in total. The summed E-state index contributed by atoms with van der Waals surface area (Å²) in [5, 5.41) is 0.187. The molecule has 0 saturated heterocycles. The van der Waals surface area contributed by atoms with Gasteiger partial charge >= 0.3 is 18.1 Å². The molecule has 1 heterocycles. The van der Waals surface area contributed by atoms with Gasteiger partial charge in [-0.15, -0.1) is 0 Å². The van der Waals surface area contributed by atoms with Crippen molar-refractivity contribution in [2.75, 3.05) is 13.2 Å². The Bertz CT molecular complexity index is 811. The number of unbranched alkanes of at least 4 members (excludes halogenated alkanes) is 2. The topological polar surface area (TPSA) is 68.4 Å². The molecule has 0 aliphatic carbocycles. The van der Waals surface area contributed by atoms with Crippen LogP contribution in [0.25, 0.3) is 10.9 Å². The van der Waals surface area contributed by atoms with Crippen LogP contribution in [0.2, 0.25) is 0 Å². The molecular weight excluding hydrogens is 363 g/mol. The Kier molecular flexibility index (Phi) is 6.87. The van der Waals surface area contributed by atoms with E-state index in [2.05, 4.69) is 4.98 Å². The van der Waals surface area contributed by atoms with E-state index in [1.807, 2.05) is 13.8 Å². The summed E-state index contributed by atoms with van der Waals surface area (Å²) >= 11 is 0. The molecule has 0 saturated carbocycles. The van der Waals surface area contributed by atoms with Crippen molar-refractivity contribution < 1.29 is 32.2 Å². The van der Waals surface area contributed by atoms with Gasteiger partial charge in [0.05, 0.1) is 24.3 Å². The lowest BCUT2D eigenvalue weighted by atomic mass is 10.1. The predicted octanol–water partition coefficient (Wildman–Crippen LogP) is 5.10. The third kappa shape index (κ3) is 5.02. The minimum atomic E-state index is -4.54. The smallest absolute Gasteiger partial charge is 0.416 e. The molecule has 0 atom stereocenters. The molecule has 148 valence electrons. The van der Waals surface area contributed by atoms with Crippen LogP contribution in [0.1, 0.15) is 65.9 Å². The fourth-order valence-corrected chi connectivity index (χ4v) is 2.50. The number of nitrogens with one attached hydrogen (secondary N) is 1. The summed E-state index contributed by atoms with van der Waals surface area (Å²) in [5.41, 5.74) is -1.15. The Morgan fingerprint density at radius 2 is 1.59 bits per heavy atom. The van der Waals surface area contributed by atoms with Crippen LogP contribution >= 0.6 is 0 Å². The molecule has 0 fully saturated rings. The van der Waals surface area contributed by atoms with Crippen LogP contribution in [0, 0.1) is 0 Å². The number of halogens is 3. The Morgan fingerprint density at radius 1 is 1.00 bits per heavy atom. The average molecular weight is 385 g/mol. The molecule has 1 aromatic heterocycles. The number of carbonyl (C=O) groups excluding carboxylic acids is 2. The van der Waals surface area contributed by atoms with E-state index in [4.69, 9.17) is 9.47 Å². The summed E-state index contributed by atoms with van der Waals surface area (Å²) in [7, 11) is 0. The fraction of sp³-hybridized carbons (Fsp3) is 0.474. The highest BCUT2D eigenvalue weighted by molar-refractivity contribution is 6.12. The summed E-state index contributed by atoms with van der Waals surface area (Å²) in [6.45, 7) is 4.16. The summed E-state index contributed by atoms with van der Waals surface area (Å²) < 4.78 is 49.1. The predicted molar refractivity (Wildman–Crippen MR) is 93.7 cm³/mol. The number of carbonyl (C=O) groups is 2. The number of esters is 2. The molecule has 1 N–H and O–H groups in total. The number of rotatable bonds is 8. The first-order valence-corrected chi connectivity index (χ1v) is 8.86. The number of ether oxygens (including phenoxy) is 2. The van der Waals surface area contributed by atoms with Gasteiger partial charge in [-0.05, 0) is 25.0 Å². The summed E-state index contributed by atoms with van der Waals surface area (Å²) in [6.07, 6.45) is -1.64. The van der Waals surface area contributed by atoms with Crippen molar-refractivity contribution in [3.63, 3.8) is 0 Å². The number of hydrogen-bond acceptors (Lipinski definition) is 4. The Morgan fingerprint density at radius 3 is 2.15 bits per heavy atom. The second-order valence-electron chi connectivity index (χ2n) is 6.11. The largest absolute Gasteiger partial charge is 0.462 e. The molecule has 0 bridgehead atoms. The molecule has 0 spiro atoms. The number of aromatic nitrogens is 1. The van der Waals surface area contributed by atoms with Crippen molar-refractivity contribution in [3.8, 4) is 0 Å². The van der Waals surface area contributed by atoms with E-state index >= 15 is 0 Å². The van der Waals surface area contributed by atoms with Gasteiger partial charge in [0.25, 0.3) is 0 Å². The highest BCUT2D eigenvalue weighted by Crippen LogP contribution is 2.33. The number of H-pyrrole nitrogens is 1. The van der Waals surface area contributed by atoms with Crippen LogP contribution in [0.4, 0.5) is 13.2 Å². The highest BCUT2D eigenvalue weighted by Gasteiger charge is 2.32. The fourth-order valence-electron chi connectivity index (χ4n) is 2.50. The van der Waals surface area contributed by atoms with Crippen molar-refractivity contribution in [1.82, 2.24) is 4.98 Å². The van der Waals surface area contributed by atoms with Crippen LogP contribution in [-0.4, -0.2) is 30.1 Å². The zero-order valence-electron chi connectivity index (χ0n) is 15.2. The van der Waals surface area contributed by atoms with E-state index < -0.39 is 23.7 Å². The first-order valence-electron chi connectivity index (χ1n) is 8.86. The lowest BCUT2D eigenvalue weighted by Gasteiger charge is -2.07. The second kappa shape index (κ2) is 8.92. The molecule has 0 unspecified atom stereocenters. The van der Waals surface area contributed by atoms with Crippen LogP contribution in [0.3, 0.4) is 0 Å². The van der Waals surface area contributed by atoms with Crippen LogP contribution in [0.15, 0.2) is 18.2 Å². The van der Waals surface area contributed by atoms with Gasteiger partial charge in [-0.2, -0.15) is 13.2 Å². The van der Waals surface area contributed by atoms with Gasteiger partial charge in [0.2, 0.25) is 0 Å². The molecule has 2 aromatic rings. The summed E-state index contributed by atoms with van der Waals surface area (Å²) in [5.74, 6) is -1.56. The van der Waals surface area contributed by atoms with Crippen LogP contribution in [0.5, 0.6) is 0 Å². The van der Waals surface area contributed by atoms with E-state index in [1.54, 1.807) is 0 Å². The van der Waals surface area contributed by atoms with E-state index in [1.165, 1.54) is 0 Å². The molecule has 8 heteroatoms. The molecular formula is C19H22F3NO4. The van der Waals surface area contributed by atoms with Gasteiger partial charge in [0.15, 0.2) is 0 Å². The standard InChI is InChI=1S/C19H22F3NO4/c1-3-5-9-26-17(24)15-13-8-7-12(19(20,21)22)11-14(13)23-16(15)18(25)27-10-6-4-2/h7-8,11,23H,3-6,9-10H2,1-2H3. The van der Waals surface area contributed by atoms with Crippen molar-refractivity contribution in [1.29, 1.82) is 0 Å². The monoisotopic (exact) mass is 385 g/mol. The summed E-state index contributed by atoms with van der Waals surface area (Å²) in [6, 6.07) is 2.89. The second-order valence-corrected chi connectivity index (χ2v) is 6.11. The molecule has 0 aliphatic heterocycles. The van der Waals surface area contributed by atoms with Crippen molar-refractivity contribution in [3.05, 3.63) is 35.0 Å². The zero-order chi connectivity index (χ0) is 20.0. The van der Waals surface area contributed by atoms with Gasteiger partial charge < -0.3 is 14.5 Å². The maximum atomic E-state index is 13.0. The first-order chi connectivity index (χ1) is 12.8. The minimum Gasteiger partial charge on any atom is -0.462 e. The Labute approximate surface area is 154 Å². The number of alkyl halides is 3. The lowest BCUT2D eigenvalue weighted by Crippen LogP contribution is -2.14. The van der Waals surface area contributed by atoms with Crippen molar-refractivity contribution in [2.24, 2.45) is 0 Å². The molecule has 1 aromatic carbocycles. The third-order valence-corrected chi connectivity index (χ3v) is 4.00. The van der Waals surface area contributed by atoms with E-state index in [9.17, 15) is 22.8 Å². The SMILES string of the molecule is CCCCOC(=O)c1[nH]c2cc(C(F)(F)F)ccc2c1C(=O)OCCCC. The Hall–Kier alpha value is -2.51. The number of aromatic amines is 1. The van der Waals surface area contributed by atoms with E-state index in [0.29, 0.717) is 12.8 Å². The van der Waals surface area contributed by atoms with Crippen LogP contribution in [-0.2, 0) is 15.7 Å². The first kappa shape index (κ1) is 20.8. The quantitative estimate of drug-likeness (QED) is 0.507. The number of hydrogen-bond donors (Lipinski definition) is 1. The normalized spacial score (nSPS) is 11.6. The van der Waals surface area contributed by atoms with Gasteiger partial charge in [0.1, 0.15) is 5.69 Å². The molecule has 0 aliphatic rings. The van der Waals surface area contributed by atoms with Gasteiger partial charge in [0, 0.05) is 10.9 Å². The van der Waals surface area contributed by atoms with E-state index in [-0.39, 0.29) is 35.4 Å². The molecule has 2 rings (SSSR count). The molecule has 0 radical (unpaired) electrons. The molecule has 0 amide bonds. The number of benzene rings is 1. The van der Waals surface area contributed by atoms with Gasteiger partial charge in [-0.1, -0.05) is 32.8 Å². The van der Waals surface area contributed by atoms with Crippen molar-refractivity contribution >= 4 is 22.8 Å². The Balaban J connectivity index is 2.45. The zero-order valence-corrected chi connectivity index (χ0v) is 15.2.